The van der Waals surface area contributed by atoms with Crippen LogP contribution < -0.4 is 5.32 Å². The van der Waals surface area contributed by atoms with E-state index in [1.165, 1.54) is 0 Å². The molecule has 0 aliphatic carbocycles. The summed E-state index contributed by atoms with van der Waals surface area (Å²) in [5, 5.41) is 5.03. The van der Waals surface area contributed by atoms with E-state index in [0.29, 0.717) is 5.56 Å². The van der Waals surface area contributed by atoms with Gasteiger partial charge in [-0.15, -0.1) is 0 Å². The molecule has 24 heavy (non-hydrogen) atoms. The molecule has 3 heteroatoms. The zero-order valence-corrected chi connectivity index (χ0v) is 13.6. The summed E-state index contributed by atoms with van der Waals surface area (Å²) < 4.78 is 5.82. The van der Waals surface area contributed by atoms with Crippen LogP contribution in [0.25, 0.3) is 21.9 Å². The Morgan fingerprint density at radius 1 is 0.833 bits per heavy atom. The van der Waals surface area contributed by atoms with E-state index < -0.39 is 0 Å². The highest BCUT2D eigenvalue weighted by molar-refractivity contribution is 6.09. The van der Waals surface area contributed by atoms with Crippen molar-refractivity contribution in [2.45, 2.75) is 13.8 Å². The molecule has 0 unspecified atom stereocenters. The van der Waals surface area contributed by atoms with E-state index in [-0.39, 0.29) is 5.91 Å². The highest BCUT2D eigenvalue weighted by Gasteiger charge is 2.10. The van der Waals surface area contributed by atoms with Crippen molar-refractivity contribution >= 4 is 33.5 Å². The minimum atomic E-state index is -0.103. The minimum absolute atomic E-state index is 0.103. The quantitative estimate of drug-likeness (QED) is 0.534. The van der Waals surface area contributed by atoms with Crippen LogP contribution >= 0.6 is 0 Å². The van der Waals surface area contributed by atoms with Crippen LogP contribution in [0.3, 0.4) is 0 Å². The van der Waals surface area contributed by atoms with Gasteiger partial charge in [0.25, 0.3) is 5.91 Å². The molecule has 118 valence electrons. The van der Waals surface area contributed by atoms with E-state index in [1.54, 1.807) is 0 Å². The molecule has 0 aliphatic rings. The maximum atomic E-state index is 12.5. The van der Waals surface area contributed by atoms with Crippen molar-refractivity contribution in [3.63, 3.8) is 0 Å². The Hall–Kier alpha value is -3.07. The van der Waals surface area contributed by atoms with Gasteiger partial charge >= 0.3 is 0 Å². The predicted molar refractivity (Wildman–Crippen MR) is 97.6 cm³/mol. The monoisotopic (exact) mass is 315 g/mol. The first-order chi connectivity index (χ1) is 11.6. The van der Waals surface area contributed by atoms with Crippen LogP contribution in [0.1, 0.15) is 21.5 Å². The van der Waals surface area contributed by atoms with Gasteiger partial charge in [-0.3, -0.25) is 4.79 Å². The molecule has 0 fully saturated rings. The molecule has 1 heterocycles. The molecule has 1 aromatic heterocycles. The summed E-state index contributed by atoms with van der Waals surface area (Å²) in [5.41, 5.74) is 5.27. The van der Waals surface area contributed by atoms with E-state index >= 15 is 0 Å². The van der Waals surface area contributed by atoms with Gasteiger partial charge in [-0.2, -0.15) is 0 Å². The van der Waals surface area contributed by atoms with E-state index in [0.717, 1.165) is 38.8 Å². The summed E-state index contributed by atoms with van der Waals surface area (Å²) in [6, 6.07) is 19.5. The fourth-order valence-corrected chi connectivity index (χ4v) is 3.11. The first kappa shape index (κ1) is 14.5. The van der Waals surface area contributed by atoms with Crippen molar-refractivity contribution in [3.8, 4) is 0 Å². The average molecular weight is 315 g/mol. The molecule has 4 rings (SSSR count). The minimum Gasteiger partial charge on any atom is -0.456 e. The molecular formula is C21H17NO2. The van der Waals surface area contributed by atoms with Gasteiger partial charge in [-0.25, -0.2) is 0 Å². The van der Waals surface area contributed by atoms with Crippen LogP contribution in [0.5, 0.6) is 0 Å². The Labute approximate surface area is 139 Å². The molecule has 0 radical (unpaired) electrons. The Morgan fingerprint density at radius 3 is 2.33 bits per heavy atom. The maximum Gasteiger partial charge on any atom is 0.255 e. The topological polar surface area (TPSA) is 42.2 Å². The number of rotatable bonds is 2. The number of hydrogen-bond donors (Lipinski definition) is 1. The number of benzene rings is 3. The number of aryl methyl sites for hydroxylation is 2. The molecular weight excluding hydrogens is 298 g/mol. The van der Waals surface area contributed by atoms with Crippen LogP contribution in [-0.4, -0.2) is 5.91 Å². The van der Waals surface area contributed by atoms with Gasteiger partial charge in [0.1, 0.15) is 11.2 Å². The molecule has 0 saturated heterocycles. The van der Waals surface area contributed by atoms with Crippen molar-refractivity contribution in [2.24, 2.45) is 0 Å². The largest absolute Gasteiger partial charge is 0.456 e. The summed E-state index contributed by atoms with van der Waals surface area (Å²) in [7, 11) is 0. The Balaban J connectivity index is 1.71. The summed E-state index contributed by atoms with van der Waals surface area (Å²) in [4.78, 5) is 12.5. The van der Waals surface area contributed by atoms with Crippen molar-refractivity contribution < 1.29 is 9.21 Å². The lowest BCUT2D eigenvalue weighted by atomic mass is 10.1. The number of nitrogens with one attached hydrogen (secondary N) is 1. The second-order valence-electron chi connectivity index (χ2n) is 6.14. The van der Waals surface area contributed by atoms with Gasteiger partial charge in [0.15, 0.2) is 0 Å². The summed E-state index contributed by atoms with van der Waals surface area (Å²) in [6.07, 6.45) is 0. The molecule has 3 nitrogen and oxygen atoms in total. The summed E-state index contributed by atoms with van der Waals surface area (Å²) in [5.74, 6) is -0.103. The lowest BCUT2D eigenvalue weighted by molar-refractivity contribution is 0.102. The zero-order valence-electron chi connectivity index (χ0n) is 13.6. The van der Waals surface area contributed by atoms with Crippen LogP contribution in [0.15, 0.2) is 65.1 Å². The van der Waals surface area contributed by atoms with Crippen molar-refractivity contribution in [2.75, 3.05) is 5.32 Å². The third-order valence-corrected chi connectivity index (χ3v) is 4.12. The maximum absolute atomic E-state index is 12.5. The van der Waals surface area contributed by atoms with Crippen molar-refractivity contribution in [1.82, 2.24) is 0 Å². The number of fused-ring (bicyclic) bond motifs is 3. The first-order valence-corrected chi connectivity index (χ1v) is 7.91. The average Bonchev–Trinajstić information content (AvgIpc) is 2.92. The number of carbonyl (C=O) groups is 1. The first-order valence-electron chi connectivity index (χ1n) is 7.91. The lowest BCUT2D eigenvalue weighted by Gasteiger charge is -2.07. The molecule has 4 aromatic rings. The second kappa shape index (κ2) is 5.53. The smallest absolute Gasteiger partial charge is 0.255 e. The standard InChI is InChI=1S/C21H17NO2/c1-13-9-14(2)11-15(10-13)21(23)22-16-7-8-20-18(12-16)17-5-3-4-6-19(17)24-20/h3-12H,1-2H3,(H,22,23). The third kappa shape index (κ3) is 2.54. The summed E-state index contributed by atoms with van der Waals surface area (Å²) in [6.45, 7) is 3.99. The van der Waals surface area contributed by atoms with E-state index in [4.69, 9.17) is 4.42 Å². The number of furan rings is 1. The Morgan fingerprint density at radius 2 is 1.54 bits per heavy atom. The Bertz CT molecular complexity index is 1060. The zero-order chi connectivity index (χ0) is 16.7. The van der Waals surface area contributed by atoms with Crippen molar-refractivity contribution in [3.05, 3.63) is 77.4 Å². The number of carbonyl (C=O) groups excluding carboxylic acids is 1. The molecule has 0 bridgehead atoms. The number of amides is 1. The summed E-state index contributed by atoms with van der Waals surface area (Å²) >= 11 is 0. The SMILES string of the molecule is Cc1cc(C)cc(C(=O)Nc2ccc3oc4ccccc4c3c2)c1. The van der Waals surface area contributed by atoms with Gasteiger partial charge in [-0.1, -0.05) is 35.4 Å². The van der Waals surface area contributed by atoms with Crippen LogP contribution in [0, 0.1) is 13.8 Å². The second-order valence-corrected chi connectivity index (χ2v) is 6.14. The molecule has 0 atom stereocenters. The van der Waals surface area contributed by atoms with Crippen LogP contribution in [0.2, 0.25) is 0 Å². The molecule has 1 amide bonds. The van der Waals surface area contributed by atoms with Gasteiger partial charge < -0.3 is 9.73 Å². The highest BCUT2D eigenvalue weighted by Crippen LogP contribution is 2.30. The number of hydrogen-bond acceptors (Lipinski definition) is 2. The fraction of sp³-hybridized carbons (Fsp3) is 0.0952. The van der Waals surface area contributed by atoms with E-state index in [1.807, 2.05) is 68.4 Å². The van der Waals surface area contributed by atoms with Crippen molar-refractivity contribution in [1.29, 1.82) is 0 Å². The predicted octanol–water partition coefficient (Wildman–Crippen LogP) is 5.46. The van der Waals surface area contributed by atoms with Gasteiger partial charge in [0.05, 0.1) is 0 Å². The molecule has 3 aromatic carbocycles. The van der Waals surface area contributed by atoms with Gasteiger partial charge in [0, 0.05) is 22.0 Å². The highest BCUT2D eigenvalue weighted by atomic mass is 16.3. The van der Waals surface area contributed by atoms with Gasteiger partial charge in [0.2, 0.25) is 0 Å². The van der Waals surface area contributed by atoms with Crippen LogP contribution in [-0.2, 0) is 0 Å². The molecule has 0 aliphatic heterocycles. The van der Waals surface area contributed by atoms with Crippen LogP contribution in [0.4, 0.5) is 5.69 Å². The van der Waals surface area contributed by atoms with E-state index in [9.17, 15) is 4.79 Å². The lowest BCUT2D eigenvalue weighted by Crippen LogP contribution is -2.12. The van der Waals surface area contributed by atoms with E-state index in [2.05, 4.69) is 11.4 Å². The normalized spacial score (nSPS) is 11.1. The molecule has 0 spiro atoms. The fourth-order valence-electron chi connectivity index (χ4n) is 3.11. The van der Waals surface area contributed by atoms with Gasteiger partial charge in [-0.05, 0) is 50.2 Å². The molecule has 1 N–H and O–H groups in total. The third-order valence-electron chi connectivity index (χ3n) is 4.12. The Kier molecular flexibility index (Phi) is 3.35. The number of para-hydroxylation sites is 1. The number of anilines is 1. The molecule has 0 saturated carbocycles.